The molecule has 0 aliphatic carbocycles. The van der Waals surface area contributed by atoms with Gasteiger partial charge in [0.25, 0.3) is 0 Å². The normalized spacial score (nSPS) is 12.7. The summed E-state index contributed by atoms with van der Waals surface area (Å²) in [7, 11) is 3.08. The Morgan fingerprint density at radius 3 is 1.90 bits per heavy atom. The maximum Gasteiger partial charge on any atom is 0.408 e. The van der Waals surface area contributed by atoms with E-state index in [1.807, 2.05) is 44.2 Å². The number of ether oxygens (including phenoxy) is 3. The third kappa shape index (κ3) is 11.0. The van der Waals surface area contributed by atoms with Crippen LogP contribution in [0.2, 0.25) is 0 Å². The molecule has 11 nitrogen and oxygen atoms in total. The van der Waals surface area contributed by atoms with Crippen molar-refractivity contribution in [3.63, 3.8) is 0 Å². The van der Waals surface area contributed by atoms with Gasteiger partial charge in [0.1, 0.15) is 30.2 Å². The lowest BCUT2D eigenvalue weighted by Crippen LogP contribution is -2.57. The molecule has 0 aliphatic rings. The second kappa shape index (κ2) is 18.1. The van der Waals surface area contributed by atoms with E-state index in [-0.39, 0.29) is 36.9 Å². The molecule has 0 aliphatic heterocycles. The van der Waals surface area contributed by atoms with Crippen LogP contribution in [0.5, 0.6) is 11.5 Å². The zero-order valence-electron chi connectivity index (χ0n) is 28.1. The molecule has 3 atom stereocenters. The van der Waals surface area contributed by atoms with Gasteiger partial charge in [-0.1, -0.05) is 74.5 Å². The molecule has 0 fully saturated rings. The van der Waals surface area contributed by atoms with E-state index < -0.39 is 36.0 Å². The fraction of sp³-hybridized carbons (Fsp3) is 0.316. The lowest BCUT2D eigenvalue weighted by molar-refractivity contribution is -0.130. The van der Waals surface area contributed by atoms with Crippen molar-refractivity contribution in [2.24, 2.45) is 5.92 Å². The number of benzene rings is 3. The van der Waals surface area contributed by atoms with Gasteiger partial charge in [-0.05, 0) is 53.8 Å². The van der Waals surface area contributed by atoms with Crippen LogP contribution in [-0.2, 0) is 33.8 Å². The van der Waals surface area contributed by atoms with Gasteiger partial charge < -0.3 is 34.6 Å². The molecule has 0 spiro atoms. The number of methoxy groups -OCH3 is 2. The summed E-state index contributed by atoms with van der Waals surface area (Å²) in [6, 6.07) is 23.4. The van der Waals surface area contributed by atoms with Crippen molar-refractivity contribution >= 4 is 23.7 Å². The van der Waals surface area contributed by atoms with Crippen LogP contribution in [-0.4, -0.2) is 56.0 Å². The number of rotatable bonds is 17. The Hall–Kier alpha value is -5.58. The van der Waals surface area contributed by atoms with Gasteiger partial charge in [-0.15, -0.1) is 0 Å². The summed E-state index contributed by atoms with van der Waals surface area (Å²) in [5, 5.41) is 8.36. The third-order valence-electron chi connectivity index (χ3n) is 7.78. The van der Waals surface area contributed by atoms with Crippen LogP contribution >= 0.6 is 0 Å². The maximum absolute atomic E-state index is 14.0. The molecule has 4 aromatic rings. The van der Waals surface area contributed by atoms with Crippen molar-refractivity contribution in [2.45, 2.75) is 57.8 Å². The number of carbonyl (C=O) groups is 4. The number of para-hydroxylation sites is 1. The summed E-state index contributed by atoms with van der Waals surface area (Å²) in [6.07, 6.45) is 1.15. The largest absolute Gasteiger partial charge is 0.497 e. The highest BCUT2D eigenvalue weighted by Crippen LogP contribution is 2.19. The lowest BCUT2D eigenvalue weighted by Gasteiger charge is -2.26. The van der Waals surface area contributed by atoms with Crippen molar-refractivity contribution in [1.82, 2.24) is 16.0 Å². The van der Waals surface area contributed by atoms with Crippen LogP contribution in [0.3, 0.4) is 0 Å². The minimum absolute atomic E-state index is 0.0696. The third-order valence-corrected chi connectivity index (χ3v) is 7.78. The van der Waals surface area contributed by atoms with Gasteiger partial charge in [-0.2, -0.15) is 0 Å². The molecule has 3 aromatic carbocycles. The van der Waals surface area contributed by atoms with Gasteiger partial charge >= 0.3 is 6.09 Å². The van der Waals surface area contributed by atoms with Crippen LogP contribution in [0.15, 0.2) is 102 Å². The van der Waals surface area contributed by atoms with Gasteiger partial charge in [-0.3, -0.25) is 14.4 Å². The summed E-state index contributed by atoms with van der Waals surface area (Å²) < 4.78 is 21.4. The average Bonchev–Trinajstić information content (AvgIpc) is 3.65. The Bertz CT molecular complexity index is 1660. The fourth-order valence-corrected chi connectivity index (χ4v) is 5.25. The predicted molar refractivity (Wildman–Crippen MR) is 183 cm³/mol. The zero-order chi connectivity index (χ0) is 35.2. The molecule has 0 saturated heterocycles. The molecule has 3 N–H and O–H groups in total. The SMILES string of the molecule is COc1ccc(C[C@H](NC(=O)[C@H](Cc2ccccc2)NC(=O)OCc2ccccc2OC)C(=O)N[C@@H](CC(C)C)C(=O)c2ccco2)cc1. The number of furan rings is 1. The first-order chi connectivity index (χ1) is 23.7. The molecule has 0 bridgehead atoms. The molecule has 0 unspecified atom stereocenters. The number of amides is 3. The van der Waals surface area contributed by atoms with E-state index >= 15 is 0 Å². The van der Waals surface area contributed by atoms with Gasteiger partial charge in [0.05, 0.1) is 26.5 Å². The Morgan fingerprint density at radius 2 is 1.29 bits per heavy atom. The highest BCUT2D eigenvalue weighted by molar-refractivity contribution is 6.01. The summed E-state index contributed by atoms with van der Waals surface area (Å²) in [6.45, 7) is 3.80. The number of carbonyl (C=O) groups excluding carboxylic acids is 4. The molecular formula is C38H43N3O8. The standard InChI is InChI=1S/C38H43N3O8/c1-25(2)21-30(35(42)34-15-10-20-48-34)39-36(43)31(23-27-16-18-29(46-3)19-17-27)40-37(44)32(22-26-11-6-5-7-12-26)41-38(45)49-24-28-13-8-9-14-33(28)47-4/h5-20,25,30-32H,21-24H2,1-4H3,(H,39,43)(H,40,44)(H,41,45)/t30-,31-,32-/m0/s1. The van der Waals surface area contributed by atoms with Crippen molar-refractivity contribution in [3.8, 4) is 11.5 Å². The molecular weight excluding hydrogens is 626 g/mol. The van der Waals surface area contributed by atoms with Crippen LogP contribution in [0.25, 0.3) is 0 Å². The molecule has 3 amide bonds. The first-order valence-corrected chi connectivity index (χ1v) is 16.1. The minimum Gasteiger partial charge on any atom is -0.497 e. The van der Waals surface area contributed by atoms with Crippen molar-refractivity contribution in [1.29, 1.82) is 0 Å². The van der Waals surface area contributed by atoms with Crippen molar-refractivity contribution in [3.05, 3.63) is 120 Å². The van der Waals surface area contributed by atoms with E-state index in [2.05, 4.69) is 16.0 Å². The number of nitrogens with one attached hydrogen (secondary N) is 3. The zero-order valence-corrected chi connectivity index (χ0v) is 28.1. The number of hydrogen-bond acceptors (Lipinski definition) is 8. The molecule has 1 aromatic heterocycles. The molecule has 4 rings (SSSR count). The first kappa shape index (κ1) is 36.3. The van der Waals surface area contributed by atoms with E-state index in [0.29, 0.717) is 23.5 Å². The van der Waals surface area contributed by atoms with Crippen molar-refractivity contribution < 1.29 is 37.8 Å². The predicted octanol–water partition coefficient (Wildman–Crippen LogP) is 5.28. The Morgan fingerprint density at radius 1 is 0.673 bits per heavy atom. The van der Waals surface area contributed by atoms with Gasteiger partial charge in [0, 0.05) is 18.4 Å². The number of ketones is 1. The second-order valence-electron chi connectivity index (χ2n) is 11.9. The minimum atomic E-state index is -1.11. The molecule has 258 valence electrons. The Kier molecular flexibility index (Phi) is 13.4. The van der Waals surface area contributed by atoms with Crippen LogP contribution < -0.4 is 25.4 Å². The quantitative estimate of drug-likeness (QED) is 0.129. The first-order valence-electron chi connectivity index (χ1n) is 16.1. The molecule has 0 saturated carbocycles. The Labute approximate surface area is 286 Å². The van der Waals surface area contributed by atoms with E-state index in [9.17, 15) is 19.2 Å². The highest BCUT2D eigenvalue weighted by Gasteiger charge is 2.31. The van der Waals surface area contributed by atoms with E-state index in [4.69, 9.17) is 18.6 Å². The Balaban J connectivity index is 1.56. The number of alkyl carbamates (subject to hydrolysis) is 1. The van der Waals surface area contributed by atoms with Gasteiger partial charge in [-0.25, -0.2) is 4.79 Å². The van der Waals surface area contributed by atoms with E-state index in [1.165, 1.54) is 13.4 Å². The van der Waals surface area contributed by atoms with Gasteiger partial charge in [0.15, 0.2) is 5.76 Å². The smallest absolute Gasteiger partial charge is 0.408 e. The summed E-state index contributed by atoms with van der Waals surface area (Å²) in [4.78, 5) is 54.2. The molecule has 11 heteroatoms. The summed E-state index contributed by atoms with van der Waals surface area (Å²) >= 11 is 0. The molecule has 1 heterocycles. The summed E-state index contributed by atoms with van der Waals surface area (Å²) in [5.41, 5.74) is 2.17. The lowest BCUT2D eigenvalue weighted by atomic mass is 9.97. The molecule has 0 radical (unpaired) electrons. The summed E-state index contributed by atoms with van der Waals surface area (Å²) in [5.74, 6) is -0.156. The van der Waals surface area contributed by atoms with E-state index in [1.54, 1.807) is 67.8 Å². The van der Waals surface area contributed by atoms with Crippen LogP contribution in [0.4, 0.5) is 4.79 Å². The molecule has 49 heavy (non-hydrogen) atoms. The van der Waals surface area contributed by atoms with Crippen LogP contribution in [0, 0.1) is 5.92 Å². The maximum atomic E-state index is 14.0. The van der Waals surface area contributed by atoms with Gasteiger partial charge in [0.2, 0.25) is 17.6 Å². The number of hydrogen-bond donors (Lipinski definition) is 3. The van der Waals surface area contributed by atoms with E-state index in [0.717, 1.165) is 11.1 Å². The number of Topliss-reactive ketones (excluding diaryl/α,β-unsaturated/α-hetero) is 1. The topological polar surface area (TPSA) is 145 Å². The highest BCUT2D eigenvalue weighted by atomic mass is 16.5. The monoisotopic (exact) mass is 669 g/mol. The van der Waals surface area contributed by atoms with Crippen molar-refractivity contribution in [2.75, 3.05) is 14.2 Å². The average molecular weight is 670 g/mol. The second-order valence-corrected chi connectivity index (χ2v) is 11.9. The fourth-order valence-electron chi connectivity index (χ4n) is 5.25. The van der Waals surface area contributed by atoms with Crippen LogP contribution in [0.1, 0.15) is 47.5 Å².